The van der Waals surface area contributed by atoms with Crippen molar-refractivity contribution in [3.05, 3.63) is 93.3 Å². The Balaban J connectivity index is 1.60. The molecule has 40 heavy (non-hydrogen) atoms. The average molecular weight is 557 g/mol. The molecule has 1 amide bonds. The molecule has 1 saturated heterocycles. The van der Waals surface area contributed by atoms with Crippen LogP contribution in [-0.2, 0) is 7.05 Å². The molecule has 0 bridgehead atoms. The quantitative estimate of drug-likeness (QED) is 0.361. The summed E-state index contributed by atoms with van der Waals surface area (Å²) in [5.74, 6) is -5.68. The third-order valence-electron chi connectivity index (χ3n) is 6.94. The lowest BCUT2D eigenvalue weighted by Gasteiger charge is -2.24. The van der Waals surface area contributed by atoms with Gasteiger partial charge >= 0.3 is 0 Å². The summed E-state index contributed by atoms with van der Waals surface area (Å²) in [5, 5.41) is 14.9. The van der Waals surface area contributed by atoms with Crippen LogP contribution in [0.15, 0.2) is 47.7 Å². The fourth-order valence-electron chi connectivity index (χ4n) is 5.13. The lowest BCUT2D eigenvalue weighted by molar-refractivity contribution is 0.0783. The summed E-state index contributed by atoms with van der Waals surface area (Å²) in [6.07, 6.45) is 4.28. The molecule has 1 N–H and O–H groups in total. The van der Waals surface area contributed by atoms with E-state index in [-0.39, 0.29) is 43.0 Å². The molecule has 1 aliphatic heterocycles. The molecule has 0 spiro atoms. The van der Waals surface area contributed by atoms with Gasteiger partial charge < -0.3 is 10.0 Å². The van der Waals surface area contributed by atoms with Gasteiger partial charge in [0.15, 0.2) is 11.4 Å². The minimum atomic E-state index is -0.962. The Morgan fingerprint density at radius 2 is 1.82 bits per heavy atom. The second-order valence-electron chi connectivity index (χ2n) is 9.60. The van der Waals surface area contributed by atoms with Crippen LogP contribution in [-0.4, -0.2) is 53.3 Å². The fourth-order valence-corrected chi connectivity index (χ4v) is 5.13. The molecule has 0 radical (unpaired) electrons. The number of carbonyl (C=O) groups excluding carboxylic acids is 1. The molecule has 1 fully saturated rings. The topological polar surface area (TPSA) is 106 Å². The summed E-state index contributed by atoms with van der Waals surface area (Å²) in [4.78, 5) is 36.8. The molecule has 9 nitrogen and oxygen atoms in total. The number of amides is 1. The zero-order chi connectivity index (χ0) is 28.7. The second-order valence-corrected chi connectivity index (χ2v) is 9.60. The summed E-state index contributed by atoms with van der Waals surface area (Å²) in [7, 11) is 1.63. The Morgan fingerprint density at radius 1 is 1.10 bits per heavy atom. The van der Waals surface area contributed by atoms with E-state index in [9.17, 15) is 32.3 Å². The van der Waals surface area contributed by atoms with Crippen LogP contribution in [0.3, 0.4) is 0 Å². The van der Waals surface area contributed by atoms with Crippen molar-refractivity contribution < 1.29 is 27.5 Å². The molecule has 1 aromatic carbocycles. The van der Waals surface area contributed by atoms with E-state index in [4.69, 9.17) is 0 Å². The Morgan fingerprint density at radius 3 is 2.45 bits per heavy atom. The van der Waals surface area contributed by atoms with Gasteiger partial charge in [0.05, 0.1) is 29.7 Å². The molecule has 4 heterocycles. The number of halogens is 4. The number of carbonyl (C=O) groups is 1. The normalized spacial score (nSPS) is 15.9. The molecular formula is C27H24F4N6O3. The summed E-state index contributed by atoms with van der Waals surface area (Å²) < 4.78 is 58.5. The zero-order valence-corrected chi connectivity index (χ0v) is 21.5. The minimum absolute atomic E-state index is 0.0115. The number of pyridine rings is 1. The van der Waals surface area contributed by atoms with Crippen LogP contribution < -0.4 is 5.56 Å². The van der Waals surface area contributed by atoms with Crippen LogP contribution in [0, 0.1) is 23.3 Å². The number of likely N-dealkylation sites (tertiary alicyclic amines) is 1. The third-order valence-corrected chi connectivity index (χ3v) is 6.94. The Hall–Kier alpha value is -4.55. The minimum Gasteiger partial charge on any atom is -0.493 e. The number of hydrogen-bond donors (Lipinski definition) is 1. The predicted octanol–water partition coefficient (Wildman–Crippen LogP) is 3.93. The summed E-state index contributed by atoms with van der Waals surface area (Å²) in [6, 6.07) is 2.61. The van der Waals surface area contributed by atoms with Crippen molar-refractivity contribution in [2.24, 2.45) is 7.05 Å². The van der Waals surface area contributed by atoms with Gasteiger partial charge in [-0.05, 0) is 30.5 Å². The molecule has 5 rings (SSSR count). The molecule has 1 unspecified atom stereocenters. The van der Waals surface area contributed by atoms with E-state index in [0.29, 0.717) is 17.7 Å². The van der Waals surface area contributed by atoms with Gasteiger partial charge in [-0.3, -0.25) is 23.8 Å². The first-order chi connectivity index (χ1) is 19.1. The molecular weight excluding hydrogens is 532 g/mol. The van der Waals surface area contributed by atoms with Gasteiger partial charge in [-0.2, -0.15) is 10.1 Å². The molecule has 0 saturated carbocycles. The van der Waals surface area contributed by atoms with Crippen molar-refractivity contribution in [2.45, 2.75) is 31.7 Å². The number of aryl methyl sites for hydroxylation is 1. The lowest BCUT2D eigenvalue weighted by Crippen LogP contribution is -2.38. The van der Waals surface area contributed by atoms with Crippen molar-refractivity contribution in [3.8, 4) is 17.3 Å². The van der Waals surface area contributed by atoms with Crippen LogP contribution in [0.5, 0.6) is 5.88 Å². The van der Waals surface area contributed by atoms with Crippen molar-refractivity contribution in [1.29, 1.82) is 0 Å². The van der Waals surface area contributed by atoms with E-state index in [1.165, 1.54) is 22.0 Å². The first-order valence-corrected chi connectivity index (χ1v) is 12.5. The van der Waals surface area contributed by atoms with Crippen molar-refractivity contribution in [1.82, 2.24) is 29.2 Å². The maximum absolute atomic E-state index is 14.3. The SMILES string of the molecule is CC[C@@H](c1cc(F)cc(F)c1)n1c(-c2cnn(C)c2)nc(O)c(C(=O)N2CCC(c3ncc(F)cc3F)C2)c1=O. The lowest BCUT2D eigenvalue weighted by atomic mass is 10.0. The van der Waals surface area contributed by atoms with Crippen molar-refractivity contribution in [3.63, 3.8) is 0 Å². The van der Waals surface area contributed by atoms with Gasteiger partial charge in [0.1, 0.15) is 23.3 Å². The van der Waals surface area contributed by atoms with E-state index in [0.717, 1.165) is 22.9 Å². The standard InChI is InChI=1S/C27H24F4N6O3/c1-3-21(15-6-17(28)8-18(29)7-15)37-24(16-10-33-35(2)12-16)34-25(38)22(27(37)40)26(39)36-5-4-14(13-36)23-20(31)9-19(30)11-32-23/h6-12,14,21,38H,3-5,13H2,1-2H3/t14?,21-/m0/s1. The second kappa shape index (κ2) is 10.5. The average Bonchev–Trinajstić information content (AvgIpc) is 3.54. The van der Waals surface area contributed by atoms with Gasteiger partial charge in [0.25, 0.3) is 11.5 Å². The monoisotopic (exact) mass is 556 g/mol. The highest BCUT2D eigenvalue weighted by Crippen LogP contribution is 2.32. The molecule has 13 heteroatoms. The number of rotatable bonds is 6. The van der Waals surface area contributed by atoms with Crippen LogP contribution in [0.2, 0.25) is 0 Å². The number of hydrogen-bond acceptors (Lipinski definition) is 6. The number of nitrogens with zero attached hydrogens (tertiary/aromatic N) is 6. The molecule has 3 aromatic heterocycles. The highest BCUT2D eigenvalue weighted by Gasteiger charge is 2.35. The number of benzene rings is 1. The van der Waals surface area contributed by atoms with Gasteiger partial charge in [-0.15, -0.1) is 0 Å². The van der Waals surface area contributed by atoms with Crippen LogP contribution >= 0.6 is 0 Å². The molecule has 0 aliphatic carbocycles. The Kier molecular flexibility index (Phi) is 7.13. The summed E-state index contributed by atoms with van der Waals surface area (Å²) >= 11 is 0. The van der Waals surface area contributed by atoms with E-state index >= 15 is 0 Å². The number of aromatic hydroxyl groups is 1. The smallest absolute Gasteiger partial charge is 0.271 e. The first kappa shape index (κ1) is 27.0. The van der Waals surface area contributed by atoms with E-state index < -0.39 is 58.1 Å². The van der Waals surface area contributed by atoms with Crippen molar-refractivity contribution >= 4 is 5.91 Å². The van der Waals surface area contributed by atoms with E-state index in [1.54, 1.807) is 14.0 Å². The maximum Gasteiger partial charge on any atom is 0.271 e. The zero-order valence-electron chi connectivity index (χ0n) is 21.5. The van der Waals surface area contributed by atoms with Crippen LogP contribution in [0.1, 0.15) is 53.3 Å². The predicted molar refractivity (Wildman–Crippen MR) is 135 cm³/mol. The van der Waals surface area contributed by atoms with Gasteiger partial charge in [-0.1, -0.05) is 6.92 Å². The summed E-state index contributed by atoms with van der Waals surface area (Å²) in [6.45, 7) is 1.76. The summed E-state index contributed by atoms with van der Waals surface area (Å²) in [5.41, 5.74) is -1.14. The molecule has 208 valence electrons. The van der Waals surface area contributed by atoms with Crippen LogP contribution in [0.4, 0.5) is 17.6 Å². The van der Waals surface area contributed by atoms with Crippen LogP contribution in [0.25, 0.3) is 11.4 Å². The maximum atomic E-state index is 14.3. The third kappa shape index (κ3) is 4.94. The molecule has 4 aromatic rings. The van der Waals surface area contributed by atoms with E-state index in [2.05, 4.69) is 15.1 Å². The first-order valence-electron chi connectivity index (χ1n) is 12.5. The van der Waals surface area contributed by atoms with Gasteiger partial charge in [0, 0.05) is 44.4 Å². The Bertz CT molecular complexity index is 1650. The van der Waals surface area contributed by atoms with Crippen molar-refractivity contribution in [2.75, 3.05) is 13.1 Å². The molecule has 1 aliphatic rings. The van der Waals surface area contributed by atoms with E-state index in [1.807, 2.05) is 0 Å². The van der Waals surface area contributed by atoms with Gasteiger partial charge in [-0.25, -0.2) is 17.6 Å². The highest BCUT2D eigenvalue weighted by molar-refractivity contribution is 5.96. The fraction of sp³-hybridized carbons (Fsp3) is 0.296. The Labute approximate surface area is 225 Å². The van der Waals surface area contributed by atoms with Gasteiger partial charge in [0.2, 0.25) is 5.88 Å². The highest BCUT2D eigenvalue weighted by atomic mass is 19.1. The largest absolute Gasteiger partial charge is 0.493 e. The molecule has 2 atom stereocenters. The number of aromatic nitrogens is 5.